The fourth-order valence-electron chi connectivity index (χ4n) is 1.12. The minimum Gasteiger partial charge on any atom is -0.396 e. The molecular weight excluding hydrogens is 162 g/mol. The Bertz CT molecular complexity index is 121. The number of hydrogen-bond donors (Lipinski definition) is 2. The summed E-state index contributed by atoms with van der Waals surface area (Å²) in [5.74, 6) is 0.799. The van der Waals surface area contributed by atoms with Crippen LogP contribution >= 0.6 is 0 Å². The normalized spacial score (nSPS) is 12.5. The van der Waals surface area contributed by atoms with Gasteiger partial charge in [0, 0.05) is 18.6 Å². The van der Waals surface area contributed by atoms with Crippen LogP contribution in [-0.4, -0.2) is 24.8 Å². The van der Waals surface area contributed by atoms with E-state index in [1.165, 1.54) is 12.8 Å². The molecule has 0 aromatic rings. The standard InChI is InChI=1S/C11H25NO/c1-10(2)6-5-7-12-8-11(3,4)9-13/h10,12-13H,5-9H2,1-4H3. The number of aliphatic hydroxyl groups excluding tert-OH is 1. The molecule has 0 aliphatic rings. The van der Waals surface area contributed by atoms with E-state index >= 15 is 0 Å². The molecule has 0 aliphatic heterocycles. The van der Waals surface area contributed by atoms with Gasteiger partial charge in [0.1, 0.15) is 0 Å². The smallest absolute Gasteiger partial charge is 0.0494 e. The molecule has 0 aliphatic carbocycles. The number of hydrogen-bond acceptors (Lipinski definition) is 2. The fraction of sp³-hybridized carbons (Fsp3) is 1.00. The highest BCUT2D eigenvalue weighted by atomic mass is 16.3. The van der Waals surface area contributed by atoms with Gasteiger partial charge in [-0.25, -0.2) is 0 Å². The molecule has 0 aromatic heterocycles. The lowest BCUT2D eigenvalue weighted by Gasteiger charge is -2.21. The molecule has 0 atom stereocenters. The maximum atomic E-state index is 9.00. The molecule has 0 bridgehead atoms. The van der Waals surface area contributed by atoms with Crippen LogP contribution in [-0.2, 0) is 0 Å². The molecule has 0 spiro atoms. The summed E-state index contributed by atoms with van der Waals surface area (Å²) in [6, 6.07) is 0. The van der Waals surface area contributed by atoms with E-state index in [1.807, 2.05) is 0 Å². The van der Waals surface area contributed by atoms with Gasteiger partial charge in [-0.15, -0.1) is 0 Å². The first-order valence-electron chi connectivity index (χ1n) is 5.29. The molecule has 0 saturated carbocycles. The van der Waals surface area contributed by atoms with E-state index in [0.29, 0.717) is 0 Å². The van der Waals surface area contributed by atoms with E-state index in [2.05, 4.69) is 33.0 Å². The van der Waals surface area contributed by atoms with Crippen LogP contribution in [0.25, 0.3) is 0 Å². The van der Waals surface area contributed by atoms with Crippen molar-refractivity contribution in [2.75, 3.05) is 19.7 Å². The summed E-state index contributed by atoms with van der Waals surface area (Å²) in [5, 5.41) is 12.4. The first kappa shape index (κ1) is 12.9. The van der Waals surface area contributed by atoms with Gasteiger partial charge in [0.15, 0.2) is 0 Å². The molecule has 2 nitrogen and oxygen atoms in total. The van der Waals surface area contributed by atoms with Crippen LogP contribution in [0.4, 0.5) is 0 Å². The molecular formula is C11H25NO. The van der Waals surface area contributed by atoms with Crippen molar-refractivity contribution in [3.63, 3.8) is 0 Å². The van der Waals surface area contributed by atoms with Crippen LogP contribution in [0.15, 0.2) is 0 Å². The Balaban J connectivity index is 3.26. The second-order valence-electron chi connectivity index (χ2n) is 5.04. The predicted molar refractivity (Wildman–Crippen MR) is 57.8 cm³/mol. The molecule has 0 aromatic carbocycles. The Labute approximate surface area is 82.7 Å². The van der Waals surface area contributed by atoms with Gasteiger partial charge in [0.05, 0.1) is 0 Å². The Morgan fingerprint density at radius 1 is 1.31 bits per heavy atom. The second kappa shape index (κ2) is 6.39. The highest BCUT2D eigenvalue weighted by Gasteiger charge is 2.14. The Morgan fingerprint density at radius 3 is 2.38 bits per heavy atom. The lowest BCUT2D eigenvalue weighted by Crippen LogP contribution is -2.32. The van der Waals surface area contributed by atoms with Gasteiger partial charge in [-0.2, -0.15) is 0 Å². The monoisotopic (exact) mass is 187 g/mol. The average Bonchev–Trinajstić information content (AvgIpc) is 2.03. The van der Waals surface area contributed by atoms with Crippen molar-refractivity contribution in [1.29, 1.82) is 0 Å². The first-order valence-corrected chi connectivity index (χ1v) is 5.29. The van der Waals surface area contributed by atoms with E-state index in [-0.39, 0.29) is 12.0 Å². The molecule has 80 valence electrons. The quantitative estimate of drug-likeness (QED) is 0.598. The molecule has 0 amide bonds. The van der Waals surface area contributed by atoms with Crippen LogP contribution in [0.1, 0.15) is 40.5 Å². The van der Waals surface area contributed by atoms with Crippen molar-refractivity contribution in [3.05, 3.63) is 0 Å². The van der Waals surface area contributed by atoms with Gasteiger partial charge in [-0.3, -0.25) is 0 Å². The van der Waals surface area contributed by atoms with Gasteiger partial charge < -0.3 is 10.4 Å². The van der Waals surface area contributed by atoms with Crippen LogP contribution in [0.5, 0.6) is 0 Å². The summed E-state index contributed by atoms with van der Waals surface area (Å²) in [6.45, 7) is 10.9. The van der Waals surface area contributed by atoms with Crippen LogP contribution < -0.4 is 5.32 Å². The van der Waals surface area contributed by atoms with Crippen molar-refractivity contribution < 1.29 is 5.11 Å². The lowest BCUT2D eigenvalue weighted by atomic mass is 9.95. The zero-order chi connectivity index (χ0) is 10.3. The van der Waals surface area contributed by atoms with Gasteiger partial charge in [-0.05, 0) is 25.3 Å². The summed E-state index contributed by atoms with van der Waals surface area (Å²) in [7, 11) is 0. The molecule has 0 radical (unpaired) electrons. The van der Waals surface area contributed by atoms with Crippen molar-refractivity contribution in [3.8, 4) is 0 Å². The van der Waals surface area contributed by atoms with Crippen molar-refractivity contribution in [1.82, 2.24) is 5.32 Å². The topological polar surface area (TPSA) is 32.3 Å². The van der Waals surface area contributed by atoms with E-state index in [4.69, 9.17) is 5.11 Å². The van der Waals surface area contributed by atoms with Crippen LogP contribution in [0.3, 0.4) is 0 Å². The highest BCUT2D eigenvalue weighted by molar-refractivity contribution is 4.69. The molecule has 0 saturated heterocycles. The van der Waals surface area contributed by atoms with Crippen molar-refractivity contribution in [2.24, 2.45) is 11.3 Å². The third-order valence-electron chi connectivity index (χ3n) is 2.17. The van der Waals surface area contributed by atoms with Crippen LogP contribution in [0, 0.1) is 11.3 Å². The largest absolute Gasteiger partial charge is 0.396 e. The number of rotatable bonds is 7. The van der Waals surface area contributed by atoms with E-state index in [1.54, 1.807) is 0 Å². The van der Waals surface area contributed by atoms with E-state index in [0.717, 1.165) is 19.0 Å². The van der Waals surface area contributed by atoms with Gasteiger partial charge >= 0.3 is 0 Å². The SMILES string of the molecule is CC(C)CCCNCC(C)(C)CO. The summed E-state index contributed by atoms with van der Waals surface area (Å²) in [5.41, 5.74) is 0.0256. The van der Waals surface area contributed by atoms with E-state index in [9.17, 15) is 0 Å². The third kappa shape index (κ3) is 8.26. The van der Waals surface area contributed by atoms with Crippen molar-refractivity contribution >= 4 is 0 Å². The molecule has 2 N–H and O–H groups in total. The van der Waals surface area contributed by atoms with Crippen molar-refractivity contribution in [2.45, 2.75) is 40.5 Å². The zero-order valence-electron chi connectivity index (χ0n) is 9.56. The summed E-state index contributed by atoms with van der Waals surface area (Å²) < 4.78 is 0. The summed E-state index contributed by atoms with van der Waals surface area (Å²) in [6.07, 6.45) is 2.52. The zero-order valence-corrected chi connectivity index (χ0v) is 9.56. The van der Waals surface area contributed by atoms with Gasteiger partial charge in [0.2, 0.25) is 0 Å². The predicted octanol–water partition coefficient (Wildman–Crippen LogP) is 2.03. The van der Waals surface area contributed by atoms with Gasteiger partial charge in [0.25, 0.3) is 0 Å². The van der Waals surface area contributed by atoms with Gasteiger partial charge in [-0.1, -0.05) is 27.7 Å². The molecule has 0 heterocycles. The molecule has 0 fully saturated rings. The molecule has 13 heavy (non-hydrogen) atoms. The number of aliphatic hydroxyl groups is 1. The minimum atomic E-state index is 0.0256. The van der Waals surface area contributed by atoms with E-state index < -0.39 is 0 Å². The van der Waals surface area contributed by atoms with Crippen LogP contribution in [0.2, 0.25) is 0 Å². The fourth-order valence-corrected chi connectivity index (χ4v) is 1.12. The maximum Gasteiger partial charge on any atom is 0.0494 e. The summed E-state index contributed by atoms with van der Waals surface area (Å²) >= 11 is 0. The minimum absolute atomic E-state index is 0.0256. The Hall–Kier alpha value is -0.0800. The average molecular weight is 187 g/mol. The Morgan fingerprint density at radius 2 is 1.92 bits per heavy atom. The lowest BCUT2D eigenvalue weighted by molar-refractivity contribution is 0.157. The molecule has 0 rings (SSSR count). The Kier molecular flexibility index (Phi) is 6.35. The summed E-state index contributed by atoms with van der Waals surface area (Å²) in [4.78, 5) is 0. The second-order valence-corrected chi connectivity index (χ2v) is 5.04. The first-order chi connectivity index (χ1) is 5.98. The highest BCUT2D eigenvalue weighted by Crippen LogP contribution is 2.11. The number of nitrogens with one attached hydrogen (secondary N) is 1. The molecule has 0 unspecified atom stereocenters. The third-order valence-corrected chi connectivity index (χ3v) is 2.17. The molecule has 2 heteroatoms. The maximum absolute atomic E-state index is 9.00.